The van der Waals surface area contributed by atoms with E-state index in [-0.39, 0.29) is 23.6 Å². The molecular weight excluding hydrogens is 304 g/mol. The number of hydrogen-bond acceptors (Lipinski definition) is 6. The molecule has 0 saturated carbocycles. The van der Waals surface area contributed by atoms with Crippen LogP contribution in [0.5, 0.6) is 0 Å². The Labute approximate surface area is 140 Å². The highest BCUT2D eigenvalue weighted by Gasteiger charge is 2.28. The predicted molar refractivity (Wildman–Crippen MR) is 91.0 cm³/mol. The van der Waals surface area contributed by atoms with Crippen LogP contribution in [0.1, 0.15) is 32.8 Å². The van der Waals surface area contributed by atoms with E-state index in [1.54, 1.807) is 24.3 Å². The van der Waals surface area contributed by atoms with Gasteiger partial charge in [0, 0.05) is 18.4 Å². The van der Waals surface area contributed by atoms with Gasteiger partial charge in [0.05, 0.1) is 11.4 Å². The molecule has 1 aromatic carbocycles. The molecule has 1 atom stereocenters. The topological polar surface area (TPSA) is 105 Å². The number of carbonyl (C=O) groups excluding carboxylic acids is 1. The van der Waals surface area contributed by atoms with Crippen LogP contribution in [0, 0.1) is 28.6 Å². The van der Waals surface area contributed by atoms with Gasteiger partial charge in [0.25, 0.3) is 0 Å². The van der Waals surface area contributed by atoms with E-state index in [9.17, 15) is 4.79 Å². The van der Waals surface area contributed by atoms with Gasteiger partial charge in [-0.15, -0.1) is 0 Å². The van der Waals surface area contributed by atoms with Gasteiger partial charge < -0.3 is 0 Å². The van der Waals surface area contributed by atoms with Gasteiger partial charge in [0.15, 0.2) is 0 Å². The van der Waals surface area contributed by atoms with Gasteiger partial charge in [-0.3, -0.25) is 10.2 Å². The van der Waals surface area contributed by atoms with Crippen molar-refractivity contribution in [2.75, 3.05) is 5.43 Å². The second-order valence-corrected chi connectivity index (χ2v) is 5.80. The molecule has 7 nitrogen and oxygen atoms in total. The van der Waals surface area contributed by atoms with E-state index in [4.69, 9.17) is 10.5 Å². The molecule has 1 aliphatic rings. The largest absolute Gasteiger partial charge is 0.277 e. The normalized spacial score (nSPS) is 16.9. The molecule has 0 aromatic heterocycles. The standard InChI is InChI=1S/C17H18N6O/c1-11(2)23-16(24)8-12(3)17(22-23)13-4-6-14(7-5-13)20-21-15(9-18)10-19/h4-7,11-12,20H,8H2,1-3H3. The first-order chi connectivity index (χ1) is 11.5. The quantitative estimate of drug-likeness (QED) is 0.679. The van der Waals surface area contributed by atoms with E-state index in [2.05, 4.69) is 15.6 Å². The molecule has 1 aromatic rings. The second kappa shape index (κ2) is 7.38. The summed E-state index contributed by atoms with van der Waals surface area (Å²) in [6, 6.07) is 10.7. The molecule has 2 rings (SSSR count). The summed E-state index contributed by atoms with van der Waals surface area (Å²) in [5.41, 5.74) is 4.87. The molecule has 0 bridgehead atoms. The number of rotatable bonds is 4. The Bertz CT molecular complexity index is 748. The van der Waals surface area contributed by atoms with Crippen LogP contribution < -0.4 is 5.43 Å². The molecule has 0 saturated heterocycles. The van der Waals surface area contributed by atoms with Crippen LogP contribution in [0.3, 0.4) is 0 Å². The fourth-order valence-electron chi connectivity index (χ4n) is 2.38. The highest BCUT2D eigenvalue weighted by Crippen LogP contribution is 2.23. The Morgan fingerprint density at radius 1 is 1.33 bits per heavy atom. The summed E-state index contributed by atoms with van der Waals surface area (Å²) in [6.07, 6.45) is 0.439. The van der Waals surface area contributed by atoms with Gasteiger partial charge in [-0.1, -0.05) is 19.1 Å². The van der Waals surface area contributed by atoms with E-state index in [1.165, 1.54) is 5.01 Å². The molecule has 122 valence electrons. The van der Waals surface area contributed by atoms with Gasteiger partial charge >= 0.3 is 0 Å². The van der Waals surface area contributed by atoms with Crippen LogP contribution >= 0.6 is 0 Å². The highest BCUT2D eigenvalue weighted by atomic mass is 16.2. The van der Waals surface area contributed by atoms with Crippen LogP contribution in [0.2, 0.25) is 0 Å². The number of hydrazone groups is 2. The zero-order valence-corrected chi connectivity index (χ0v) is 13.8. The van der Waals surface area contributed by atoms with Crippen molar-refractivity contribution in [3.8, 4) is 12.1 Å². The summed E-state index contributed by atoms with van der Waals surface area (Å²) < 4.78 is 0. The smallest absolute Gasteiger partial charge is 0.243 e. The van der Waals surface area contributed by atoms with Gasteiger partial charge in [0.1, 0.15) is 12.1 Å². The van der Waals surface area contributed by atoms with Crippen molar-refractivity contribution < 1.29 is 4.79 Å². The molecule has 0 fully saturated rings. The van der Waals surface area contributed by atoms with E-state index in [0.29, 0.717) is 12.1 Å². The minimum Gasteiger partial charge on any atom is -0.277 e. The Balaban J connectivity index is 2.23. The van der Waals surface area contributed by atoms with Crippen LogP contribution in [0.4, 0.5) is 5.69 Å². The fraction of sp³-hybridized carbons (Fsp3) is 0.353. The Morgan fingerprint density at radius 3 is 2.50 bits per heavy atom. The Hall–Kier alpha value is -3.19. The Morgan fingerprint density at radius 2 is 1.96 bits per heavy atom. The number of nitrogens with one attached hydrogen (secondary N) is 1. The lowest BCUT2D eigenvalue weighted by molar-refractivity contribution is -0.134. The minimum atomic E-state index is -0.240. The first-order valence-electron chi connectivity index (χ1n) is 7.61. The average Bonchev–Trinajstić information content (AvgIpc) is 2.56. The van der Waals surface area contributed by atoms with E-state index in [0.717, 1.165) is 11.3 Å². The lowest BCUT2D eigenvalue weighted by Crippen LogP contribution is -2.40. The van der Waals surface area contributed by atoms with Crippen molar-refractivity contribution >= 4 is 23.0 Å². The number of anilines is 1. The zero-order valence-electron chi connectivity index (χ0n) is 13.8. The molecule has 0 radical (unpaired) electrons. The van der Waals surface area contributed by atoms with E-state index >= 15 is 0 Å². The predicted octanol–water partition coefficient (Wildman–Crippen LogP) is 2.48. The Kier molecular flexibility index (Phi) is 5.28. The van der Waals surface area contributed by atoms with Crippen molar-refractivity contribution in [1.82, 2.24) is 5.01 Å². The van der Waals surface area contributed by atoms with Crippen molar-refractivity contribution in [3.63, 3.8) is 0 Å². The fourth-order valence-corrected chi connectivity index (χ4v) is 2.38. The molecule has 1 amide bonds. The van der Waals surface area contributed by atoms with Crippen molar-refractivity contribution in [2.45, 2.75) is 33.2 Å². The summed E-state index contributed by atoms with van der Waals surface area (Å²) in [5, 5.41) is 27.0. The zero-order chi connectivity index (χ0) is 17.7. The summed E-state index contributed by atoms with van der Waals surface area (Å²) in [7, 11) is 0. The minimum absolute atomic E-state index is 0.0191. The maximum atomic E-state index is 12.0. The van der Waals surface area contributed by atoms with Crippen molar-refractivity contribution in [1.29, 1.82) is 10.5 Å². The van der Waals surface area contributed by atoms with Gasteiger partial charge in [-0.25, -0.2) is 5.01 Å². The lowest BCUT2D eigenvalue weighted by atomic mass is 9.93. The van der Waals surface area contributed by atoms with Gasteiger partial charge in [-0.05, 0) is 31.5 Å². The van der Waals surface area contributed by atoms with Crippen molar-refractivity contribution in [3.05, 3.63) is 29.8 Å². The van der Waals surface area contributed by atoms with Gasteiger partial charge in [-0.2, -0.15) is 20.7 Å². The molecule has 7 heteroatoms. The second-order valence-electron chi connectivity index (χ2n) is 5.80. The number of carbonyl (C=O) groups is 1. The summed E-state index contributed by atoms with van der Waals surface area (Å²) in [4.78, 5) is 12.0. The van der Waals surface area contributed by atoms with Crippen LogP contribution in [-0.2, 0) is 4.79 Å². The lowest BCUT2D eigenvalue weighted by Gasteiger charge is -2.30. The molecular formula is C17H18N6O. The molecule has 1 aliphatic heterocycles. The third-order valence-electron chi connectivity index (χ3n) is 3.60. The third kappa shape index (κ3) is 3.76. The summed E-state index contributed by atoms with van der Waals surface area (Å²) >= 11 is 0. The van der Waals surface area contributed by atoms with Crippen LogP contribution in [0.25, 0.3) is 0 Å². The highest BCUT2D eigenvalue weighted by molar-refractivity contribution is 6.10. The average molecular weight is 322 g/mol. The van der Waals surface area contributed by atoms with E-state index in [1.807, 2.05) is 32.9 Å². The molecule has 1 unspecified atom stereocenters. The number of hydrogen-bond donors (Lipinski definition) is 1. The molecule has 0 aliphatic carbocycles. The van der Waals surface area contributed by atoms with Crippen LogP contribution in [0.15, 0.2) is 34.5 Å². The molecule has 1 heterocycles. The van der Waals surface area contributed by atoms with E-state index < -0.39 is 0 Å². The van der Waals surface area contributed by atoms with Crippen molar-refractivity contribution in [2.24, 2.45) is 16.1 Å². The molecule has 1 N–H and O–H groups in total. The number of amides is 1. The van der Waals surface area contributed by atoms with Gasteiger partial charge in [0.2, 0.25) is 11.6 Å². The number of nitriles is 2. The third-order valence-corrected chi connectivity index (χ3v) is 3.60. The first-order valence-corrected chi connectivity index (χ1v) is 7.61. The van der Waals surface area contributed by atoms with Crippen LogP contribution in [-0.4, -0.2) is 28.4 Å². The maximum Gasteiger partial charge on any atom is 0.243 e. The first kappa shape index (κ1) is 17.2. The maximum absolute atomic E-state index is 12.0. The monoisotopic (exact) mass is 322 g/mol. The number of nitrogens with zero attached hydrogens (tertiary/aromatic N) is 5. The summed E-state index contributed by atoms with van der Waals surface area (Å²) in [6.45, 7) is 5.85. The molecule has 0 spiro atoms. The molecule has 24 heavy (non-hydrogen) atoms. The number of benzene rings is 1. The SMILES string of the molecule is CC1CC(=O)N(C(C)C)N=C1c1ccc(NN=C(C#N)C#N)cc1. The summed E-state index contributed by atoms with van der Waals surface area (Å²) in [5.74, 6) is 0.0857.